The number of aryl methyl sites for hydroxylation is 1. The first-order chi connectivity index (χ1) is 18.2. The number of nitrogens with one attached hydrogen (secondary N) is 1. The maximum atomic E-state index is 12.9. The minimum absolute atomic E-state index is 0.0352. The third-order valence-corrected chi connectivity index (χ3v) is 7.86. The predicted octanol–water partition coefficient (Wildman–Crippen LogP) is 5.87. The highest BCUT2D eigenvalue weighted by atomic mass is 35.5. The second-order valence-electron chi connectivity index (χ2n) is 8.66. The van der Waals surface area contributed by atoms with Crippen LogP contribution in [0.25, 0.3) is 28.4 Å². The molecule has 0 bridgehead atoms. The summed E-state index contributed by atoms with van der Waals surface area (Å²) in [4.78, 5) is 21.9. The number of nitrogens with zero attached hydrogens (tertiary/aromatic N) is 3. The van der Waals surface area contributed by atoms with Crippen LogP contribution < -0.4 is 4.72 Å². The highest BCUT2D eigenvalue weighted by molar-refractivity contribution is 7.90. The average Bonchev–Trinajstić information content (AvgIpc) is 3.24. The summed E-state index contributed by atoms with van der Waals surface area (Å²) in [5, 5.41) is 0.593. The molecule has 190 valence electrons. The number of benzene rings is 3. The molecule has 2 heterocycles. The smallest absolute Gasteiger partial charge is 0.283 e. The number of pyridine rings is 1. The van der Waals surface area contributed by atoms with Gasteiger partial charge in [0.25, 0.3) is 15.9 Å². The fourth-order valence-corrected chi connectivity index (χ4v) is 5.30. The van der Waals surface area contributed by atoms with Crippen LogP contribution in [0.5, 0.6) is 0 Å². The molecule has 2 aromatic heterocycles. The molecule has 5 rings (SSSR count). The van der Waals surface area contributed by atoms with Crippen molar-refractivity contribution in [1.29, 1.82) is 0 Å². The van der Waals surface area contributed by atoms with Crippen LogP contribution in [0.1, 0.15) is 27.4 Å². The van der Waals surface area contributed by atoms with E-state index in [1.165, 1.54) is 18.2 Å². The van der Waals surface area contributed by atoms with Crippen molar-refractivity contribution in [2.24, 2.45) is 0 Å². The second-order valence-corrected chi connectivity index (χ2v) is 10.8. The van der Waals surface area contributed by atoms with E-state index in [4.69, 9.17) is 11.6 Å². The van der Waals surface area contributed by atoms with Gasteiger partial charge in [-0.15, -0.1) is 0 Å². The first-order valence-electron chi connectivity index (χ1n) is 11.7. The number of sulfonamides is 1. The summed E-state index contributed by atoms with van der Waals surface area (Å²) in [7, 11) is -4.09. The molecule has 1 N–H and O–H groups in total. The Kier molecular flexibility index (Phi) is 6.84. The van der Waals surface area contributed by atoms with Gasteiger partial charge in [0.1, 0.15) is 17.0 Å². The third-order valence-electron chi connectivity index (χ3n) is 6.16. The second kappa shape index (κ2) is 10.2. The molecular formula is C29H23ClN4O3S. The van der Waals surface area contributed by atoms with Gasteiger partial charge in [-0.3, -0.25) is 4.79 Å². The molecule has 0 atom stereocenters. The Bertz CT molecular complexity index is 1780. The van der Waals surface area contributed by atoms with Gasteiger partial charge in [-0.1, -0.05) is 78.9 Å². The number of amides is 1. The first-order valence-corrected chi connectivity index (χ1v) is 13.6. The van der Waals surface area contributed by atoms with E-state index in [-0.39, 0.29) is 10.6 Å². The summed E-state index contributed by atoms with van der Waals surface area (Å²) in [6, 6.07) is 25.0. The van der Waals surface area contributed by atoms with Gasteiger partial charge in [0.2, 0.25) is 0 Å². The van der Waals surface area contributed by atoms with E-state index in [2.05, 4.69) is 21.3 Å². The van der Waals surface area contributed by atoms with E-state index >= 15 is 0 Å². The number of carbonyl (C=O) groups is 1. The van der Waals surface area contributed by atoms with E-state index in [0.29, 0.717) is 28.6 Å². The minimum atomic E-state index is -4.09. The summed E-state index contributed by atoms with van der Waals surface area (Å²) in [5.74, 6) is -0.154. The number of hydrogen-bond donors (Lipinski definition) is 1. The highest BCUT2D eigenvalue weighted by Gasteiger charge is 2.21. The van der Waals surface area contributed by atoms with Crippen molar-refractivity contribution in [3.63, 3.8) is 0 Å². The van der Waals surface area contributed by atoms with Crippen molar-refractivity contribution in [1.82, 2.24) is 19.3 Å². The Morgan fingerprint density at radius 1 is 0.974 bits per heavy atom. The average molecular weight is 543 g/mol. The molecule has 0 aliphatic carbocycles. The topological polar surface area (TPSA) is 94.0 Å². The summed E-state index contributed by atoms with van der Waals surface area (Å²) in [5.41, 5.74) is 4.68. The summed E-state index contributed by atoms with van der Waals surface area (Å²) in [6.45, 7) is 5.87. The molecular weight excluding hydrogens is 520 g/mol. The maximum Gasteiger partial charge on any atom is 0.283 e. The number of aromatic nitrogens is 3. The fraction of sp³-hybridized carbons (Fsp3) is 0.0690. The van der Waals surface area contributed by atoms with Crippen molar-refractivity contribution in [3.05, 3.63) is 119 Å². The molecule has 0 aliphatic rings. The van der Waals surface area contributed by atoms with Crippen LogP contribution in [0.3, 0.4) is 0 Å². The summed E-state index contributed by atoms with van der Waals surface area (Å²) in [6.07, 6.45) is 1.60. The molecule has 0 unspecified atom stereocenters. The lowest BCUT2D eigenvalue weighted by Gasteiger charge is -2.11. The summed E-state index contributed by atoms with van der Waals surface area (Å²) < 4.78 is 29.4. The Hall–Kier alpha value is -4.27. The van der Waals surface area contributed by atoms with Gasteiger partial charge in [0.15, 0.2) is 5.65 Å². The number of rotatable bonds is 7. The standard InChI is InChI=1S/C29H23ClN4O3S/c1-3-20-9-13-24(14-10-20)38(36,37)33-29(35)27-16-15-26-28(32-27)34(19(2)31-26)18-23-12-11-22(17-25(23)30)21-7-5-4-6-8-21/h3-17H,1,18H2,2H3,(H,33,35). The van der Waals surface area contributed by atoms with E-state index < -0.39 is 15.9 Å². The van der Waals surface area contributed by atoms with Gasteiger partial charge in [-0.2, -0.15) is 0 Å². The Balaban J connectivity index is 1.42. The van der Waals surface area contributed by atoms with Gasteiger partial charge in [0, 0.05) is 5.02 Å². The molecule has 1 amide bonds. The highest BCUT2D eigenvalue weighted by Crippen LogP contribution is 2.27. The van der Waals surface area contributed by atoms with Crippen molar-refractivity contribution in [2.75, 3.05) is 0 Å². The number of carbonyl (C=O) groups excluding carboxylic acids is 1. The van der Waals surface area contributed by atoms with Gasteiger partial charge in [0.05, 0.1) is 11.4 Å². The molecule has 7 nitrogen and oxygen atoms in total. The van der Waals surface area contributed by atoms with E-state index in [9.17, 15) is 13.2 Å². The molecule has 0 spiro atoms. The zero-order chi connectivity index (χ0) is 26.9. The number of fused-ring (bicyclic) bond motifs is 1. The normalized spacial score (nSPS) is 11.4. The molecule has 0 aliphatic heterocycles. The van der Waals surface area contributed by atoms with Crippen LogP contribution in [0.15, 0.2) is 96.4 Å². The quantitative estimate of drug-likeness (QED) is 0.277. The van der Waals surface area contributed by atoms with Crippen LogP contribution in [-0.2, 0) is 16.6 Å². The Labute approximate surface area is 225 Å². The lowest BCUT2D eigenvalue weighted by atomic mass is 10.0. The molecule has 38 heavy (non-hydrogen) atoms. The zero-order valence-corrected chi connectivity index (χ0v) is 22.0. The largest absolute Gasteiger partial charge is 0.308 e. The van der Waals surface area contributed by atoms with Crippen LogP contribution in [-0.4, -0.2) is 28.9 Å². The van der Waals surface area contributed by atoms with E-state index in [1.807, 2.05) is 60.0 Å². The molecule has 5 aromatic rings. The third kappa shape index (κ3) is 5.09. The zero-order valence-electron chi connectivity index (χ0n) is 20.4. The van der Waals surface area contributed by atoms with Gasteiger partial charge in [-0.25, -0.2) is 23.1 Å². The van der Waals surface area contributed by atoms with Gasteiger partial charge < -0.3 is 4.57 Å². The van der Waals surface area contributed by atoms with Gasteiger partial charge in [-0.05, 0) is 59.5 Å². The predicted molar refractivity (Wildman–Crippen MR) is 149 cm³/mol. The van der Waals surface area contributed by atoms with Crippen molar-refractivity contribution < 1.29 is 13.2 Å². The molecule has 3 aromatic carbocycles. The number of hydrogen-bond acceptors (Lipinski definition) is 5. The molecule has 0 radical (unpaired) electrons. The Morgan fingerprint density at radius 3 is 2.39 bits per heavy atom. The molecule has 9 heteroatoms. The summed E-state index contributed by atoms with van der Waals surface area (Å²) >= 11 is 6.64. The first kappa shape index (κ1) is 25.4. The Morgan fingerprint density at radius 2 is 1.71 bits per heavy atom. The van der Waals surface area contributed by atoms with E-state index in [1.54, 1.807) is 24.3 Å². The van der Waals surface area contributed by atoms with Crippen molar-refractivity contribution in [2.45, 2.75) is 18.4 Å². The molecule has 0 fully saturated rings. The molecule has 0 saturated carbocycles. The van der Waals surface area contributed by atoms with Crippen LogP contribution in [0.4, 0.5) is 0 Å². The molecule has 0 saturated heterocycles. The van der Waals surface area contributed by atoms with Crippen molar-refractivity contribution in [3.8, 4) is 11.1 Å². The van der Waals surface area contributed by atoms with Crippen LogP contribution >= 0.6 is 11.6 Å². The van der Waals surface area contributed by atoms with Gasteiger partial charge >= 0.3 is 0 Å². The number of imidazole rings is 1. The van der Waals surface area contributed by atoms with Crippen LogP contribution in [0, 0.1) is 6.92 Å². The SMILES string of the molecule is C=Cc1ccc(S(=O)(=O)NC(=O)c2ccc3nc(C)n(Cc4ccc(-c5ccccc5)cc4Cl)c3n2)cc1. The maximum absolute atomic E-state index is 12.9. The van der Waals surface area contributed by atoms with Crippen LogP contribution in [0.2, 0.25) is 5.02 Å². The minimum Gasteiger partial charge on any atom is -0.308 e. The van der Waals surface area contributed by atoms with Crippen molar-refractivity contribution >= 4 is 44.8 Å². The lowest BCUT2D eigenvalue weighted by Crippen LogP contribution is -2.31. The monoisotopic (exact) mass is 542 g/mol. The van der Waals surface area contributed by atoms with E-state index in [0.717, 1.165) is 22.3 Å². The fourth-order valence-electron chi connectivity index (χ4n) is 4.10. The number of halogens is 1. The lowest BCUT2D eigenvalue weighted by molar-refractivity contribution is 0.0977.